The van der Waals surface area contributed by atoms with Gasteiger partial charge in [0, 0.05) is 31.5 Å². The molecule has 15 heteroatoms. The van der Waals surface area contributed by atoms with Gasteiger partial charge in [-0.3, -0.25) is 19.2 Å². The Morgan fingerprint density at radius 3 is 2.33 bits per heavy atom. The Morgan fingerprint density at radius 1 is 1.02 bits per heavy atom. The fraction of sp³-hybridized carbons (Fsp3) is 0.485. The van der Waals surface area contributed by atoms with E-state index in [-0.39, 0.29) is 48.7 Å². The molecule has 0 spiro atoms. The molecule has 2 fully saturated rings. The number of hydrogen-bond acceptors (Lipinski definition) is 7. The summed E-state index contributed by atoms with van der Waals surface area (Å²) >= 11 is 0. The third-order valence-corrected chi connectivity index (χ3v) is 10.3. The average molecular weight is 690 g/mol. The molecule has 0 radical (unpaired) electrons. The molecule has 48 heavy (non-hydrogen) atoms. The van der Waals surface area contributed by atoms with Crippen LogP contribution in [0.4, 0.5) is 18.9 Å². The van der Waals surface area contributed by atoms with Crippen molar-refractivity contribution >= 4 is 39.2 Å². The number of rotatable bonds is 11. The van der Waals surface area contributed by atoms with E-state index >= 15 is 13.2 Å². The minimum atomic E-state index is -4.06. The molecule has 1 saturated heterocycles. The van der Waals surface area contributed by atoms with Gasteiger partial charge in [-0.1, -0.05) is 44.4 Å². The normalized spacial score (nSPS) is 17.8. The van der Waals surface area contributed by atoms with E-state index in [1.165, 1.54) is 29.2 Å². The fourth-order valence-corrected chi connectivity index (χ4v) is 7.10. The fourth-order valence-electron chi connectivity index (χ4n) is 5.89. The van der Waals surface area contributed by atoms with Gasteiger partial charge in [-0.15, -0.1) is 0 Å². The molecule has 2 aromatic rings. The quantitative estimate of drug-likeness (QED) is 0.326. The van der Waals surface area contributed by atoms with E-state index in [1.807, 2.05) is 0 Å². The monoisotopic (exact) mass is 689 g/mol. The van der Waals surface area contributed by atoms with Gasteiger partial charge in [0.1, 0.15) is 17.9 Å². The van der Waals surface area contributed by atoms with Crippen molar-refractivity contribution in [1.82, 2.24) is 15.5 Å². The standard InChI is InChI=1S/C33H38F3N5O6S/c1-2-28(42)38-27(31(44)41-13-15-48(46,47)16-14-41)19-21-11-12-26(25(34)18-21)39-30(43)29(23-8-4-3-5-9-23)40-32(45)33(35,36)24-10-6-7-22(17-24)20-37/h6-7,10-12,17-18,23,27,29H,2-5,8-9,13-16,19H2,1H3,(H,38,42)(H,39,43)(H,40,45)/t27-,29+/m1/s1. The molecule has 1 heterocycles. The van der Waals surface area contributed by atoms with Crippen molar-refractivity contribution in [3.8, 4) is 6.07 Å². The first-order chi connectivity index (χ1) is 22.7. The number of hydrogen-bond donors (Lipinski definition) is 3. The van der Waals surface area contributed by atoms with E-state index in [2.05, 4.69) is 16.0 Å². The maximum atomic E-state index is 15.4. The highest BCUT2D eigenvalue weighted by Gasteiger charge is 2.44. The lowest BCUT2D eigenvalue weighted by Gasteiger charge is -2.31. The molecule has 1 aliphatic carbocycles. The van der Waals surface area contributed by atoms with Crippen LogP contribution in [-0.2, 0) is 41.4 Å². The third kappa shape index (κ3) is 9.12. The number of amides is 4. The van der Waals surface area contributed by atoms with Crippen LogP contribution in [0.1, 0.15) is 62.1 Å². The number of carbonyl (C=O) groups is 4. The molecule has 11 nitrogen and oxygen atoms in total. The highest BCUT2D eigenvalue weighted by atomic mass is 32.2. The predicted molar refractivity (Wildman–Crippen MR) is 170 cm³/mol. The summed E-state index contributed by atoms with van der Waals surface area (Å²) in [5, 5.41) is 16.3. The molecule has 0 bridgehead atoms. The number of halogens is 3. The van der Waals surface area contributed by atoms with Crippen LogP contribution < -0.4 is 16.0 Å². The van der Waals surface area contributed by atoms with Crippen molar-refractivity contribution in [3.05, 3.63) is 65.0 Å². The maximum Gasteiger partial charge on any atom is 0.349 e. The third-order valence-electron chi connectivity index (χ3n) is 8.67. The summed E-state index contributed by atoms with van der Waals surface area (Å²) in [6.45, 7) is 1.53. The Hall–Kier alpha value is -4.45. The smallest absolute Gasteiger partial charge is 0.344 e. The van der Waals surface area contributed by atoms with Crippen molar-refractivity contribution in [2.75, 3.05) is 29.9 Å². The first kappa shape index (κ1) is 36.4. The summed E-state index contributed by atoms with van der Waals surface area (Å²) in [6, 6.07) is 7.44. The SMILES string of the molecule is CCC(=O)N[C@H](Cc1ccc(NC(=O)[C@@H](NC(=O)C(F)(F)c2cccc(C#N)c2)C2CCCCC2)c(F)c1)C(=O)N1CCS(=O)(=O)CC1. The van der Waals surface area contributed by atoms with Crippen molar-refractivity contribution in [1.29, 1.82) is 5.26 Å². The lowest BCUT2D eigenvalue weighted by Crippen LogP contribution is -2.53. The van der Waals surface area contributed by atoms with Gasteiger partial charge in [0.2, 0.25) is 17.7 Å². The number of benzene rings is 2. The number of nitrogens with one attached hydrogen (secondary N) is 3. The second-order valence-electron chi connectivity index (χ2n) is 12.1. The Bertz CT molecular complexity index is 1680. The number of alkyl halides is 2. The van der Waals surface area contributed by atoms with Gasteiger partial charge in [-0.05, 0) is 48.6 Å². The number of anilines is 1. The summed E-state index contributed by atoms with van der Waals surface area (Å²) in [5.74, 6) is -9.39. The molecule has 0 unspecified atom stereocenters. The van der Waals surface area contributed by atoms with E-state index in [1.54, 1.807) is 13.0 Å². The number of sulfone groups is 1. The highest BCUT2D eigenvalue weighted by Crippen LogP contribution is 2.32. The number of carbonyl (C=O) groups excluding carboxylic acids is 4. The van der Waals surface area contributed by atoms with Gasteiger partial charge in [0.15, 0.2) is 9.84 Å². The molecule has 1 aliphatic heterocycles. The average Bonchev–Trinajstić information content (AvgIpc) is 3.07. The number of nitriles is 1. The summed E-state index contributed by atoms with van der Waals surface area (Å²) in [4.78, 5) is 53.1. The maximum absolute atomic E-state index is 15.4. The van der Waals surface area contributed by atoms with Gasteiger partial charge in [-0.2, -0.15) is 14.0 Å². The van der Waals surface area contributed by atoms with Gasteiger partial charge < -0.3 is 20.9 Å². The van der Waals surface area contributed by atoms with E-state index in [0.29, 0.717) is 18.4 Å². The Morgan fingerprint density at radius 2 is 1.71 bits per heavy atom. The van der Waals surface area contributed by atoms with Crippen molar-refractivity contribution in [3.63, 3.8) is 0 Å². The van der Waals surface area contributed by atoms with Gasteiger partial charge in [0.25, 0.3) is 5.91 Å². The largest absolute Gasteiger partial charge is 0.349 e. The first-order valence-corrected chi connectivity index (χ1v) is 17.6. The van der Waals surface area contributed by atoms with Crippen LogP contribution in [-0.4, -0.2) is 73.6 Å². The van der Waals surface area contributed by atoms with E-state index in [9.17, 15) is 27.6 Å². The predicted octanol–water partition coefficient (Wildman–Crippen LogP) is 3.19. The van der Waals surface area contributed by atoms with Crippen LogP contribution >= 0.6 is 0 Å². The van der Waals surface area contributed by atoms with Crippen LogP contribution in [0, 0.1) is 23.1 Å². The zero-order valence-electron chi connectivity index (χ0n) is 26.4. The van der Waals surface area contributed by atoms with Crippen LogP contribution in [0.2, 0.25) is 0 Å². The minimum Gasteiger partial charge on any atom is -0.344 e. The van der Waals surface area contributed by atoms with Crippen LogP contribution in [0.5, 0.6) is 0 Å². The molecule has 2 aromatic carbocycles. The Labute approximate surface area is 277 Å². The lowest BCUT2D eigenvalue weighted by atomic mass is 9.83. The number of nitrogens with zero attached hydrogens (tertiary/aromatic N) is 2. The molecular weight excluding hydrogens is 651 g/mol. The second kappa shape index (κ2) is 15.6. The zero-order chi connectivity index (χ0) is 35.1. The molecule has 4 rings (SSSR count). The molecule has 1 saturated carbocycles. The van der Waals surface area contributed by atoms with Crippen molar-refractivity contribution in [2.24, 2.45) is 5.92 Å². The highest BCUT2D eigenvalue weighted by molar-refractivity contribution is 7.91. The molecule has 3 N–H and O–H groups in total. The minimum absolute atomic E-state index is 0.0319. The summed E-state index contributed by atoms with van der Waals surface area (Å²) < 4.78 is 69.4. The van der Waals surface area contributed by atoms with Crippen molar-refractivity contribution < 1.29 is 40.8 Å². The van der Waals surface area contributed by atoms with E-state index in [0.717, 1.165) is 37.5 Å². The zero-order valence-corrected chi connectivity index (χ0v) is 27.3. The van der Waals surface area contributed by atoms with Crippen molar-refractivity contribution in [2.45, 2.75) is 69.9 Å². The summed E-state index contributed by atoms with van der Waals surface area (Å²) in [5.41, 5.74) is -0.762. The topological polar surface area (TPSA) is 166 Å². The second-order valence-corrected chi connectivity index (χ2v) is 14.4. The van der Waals surface area contributed by atoms with Crippen LogP contribution in [0.15, 0.2) is 42.5 Å². The Kier molecular flexibility index (Phi) is 11.9. The van der Waals surface area contributed by atoms with Gasteiger partial charge in [-0.25, -0.2) is 12.8 Å². The lowest BCUT2D eigenvalue weighted by molar-refractivity contribution is -0.149. The van der Waals surface area contributed by atoms with E-state index in [4.69, 9.17) is 5.26 Å². The van der Waals surface area contributed by atoms with Gasteiger partial charge >= 0.3 is 5.92 Å². The summed E-state index contributed by atoms with van der Waals surface area (Å²) in [6.07, 6.45) is 3.24. The molecular formula is C33H38F3N5O6S. The van der Waals surface area contributed by atoms with Crippen LogP contribution in [0.25, 0.3) is 0 Å². The Balaban J connectivity index is 1.50. The molecule has 2 aliphatic rings. The van der Waals surface area contributed by atoms with Gasteiger partial charge in [0.05, 0.1) is 28.8 Å². The van der Waals surface area contributed by atoms with E-state index < -0.39 is 68.8 Å². The molecule has 2 atom stereocenters. The molecule has 258 valence electrons. The molecule has 0 aromatic heterocycles. The molecule has 4 amide bonds. The van der Waals surface area contributed by atoms with Crippen LogP contribution in [0.3, 0.4) is 0 Å². The first-order valence-electron chi connectivity index (χ1n) is 15.8. The summed E-state index contributed by atoms with van der Waals surface area (Å²) in [7, 11) is -3.26.